The second-order valence-corrected chi connectivity index (χ2v) is 9.03. The van der Waals surface area contributed by atoms with E-state index in [2.05, 4.69) is 15.6 Å². The molecule has 11 nitrogen and oxygen atoms in total. The Kier molecular flexibility index (Phi) is 8.50. The van der Waals surface area contributed by atoms with Gasteiger partial charge in [-0.15, -0.1) is 23.1 Å². The fourth-order valence-corrected chi connectivity index (χ4v) is 5.40. The zero-order valence-corrected chi connectivity index (χ0v) is 20.8. The van der Waals surface area contributed by atoms with Gasteiger partial charge in [-0.2, -0.15) is 0 Å². The molecule has 0 aliphatic carbocycles. The molecule has 0 bridgehead atoms. The Morgan fingerprint density at radius 1 is 1.35 bits per heavy atom. The van der Waals surface area contributed by atoms with Crippen LogP contribution in [-0.2, 0) is 35.1 Å². The SMILES string of the molecule is CC(=O)Nc1nc(CC(=O)NC2C(=O)N3CC(COC(C)=O)(C(=O)[O-])CS[C@H]23)cs1.[Na+]. The topological polar surface area (TPSA) is 158 Å². The molecule has 2 N–H and O–H groups in total. The minimum absolute atomic E-state index is 0. The molecule has 1 aromatic rings. The van der Waals surface area contributed by atoms with E-state index in [1.165, 1.54) is 41.8 Å². The Morgan fingerprint density at radius 2 is 2.06 bits per heavy atom. The van der Waals surface area contributed by atoms with E-state index in [9.17, 15) is 29.1 Å². The number of thioether (sulfide) groups is 1. The summed E-state index contributed by atoms with van der Waals surface area (Å²) >= 11 is 2.37. The first kappa shape index (κ1) is 25.6. The summed E-state index contributed by atoms with van der Waals surface area (Å²) in [7, 11) is 0. The molecule has 0 radical (unpaired) electrons. The van der Waals surface area contributed by atoms with E-state index in [0.717, 1.165) is 0 Å². The fourth-order valence-electron chi connectivity index (χ4n) is 3.12. The average molecular weight is 478 g/mol. The number of carbonyl (C=O) groups is 5. The summed E-state index contributed by atoms with van der Waals surface area (Å²) in [5.74, 6) is -3.03. The Labute approximate surface area is 208 Å². The van der Waals surface area contributed by atoms with Crippen LogP contribution in [0.15, 0.2) is 5.38 Å². The summed E-state index contributed by atoms with van der Waals surface area (Å²) in [6.07, 6.45) is -0.0628. The van der Waals surface area contributed by atoms with E-state index in [1.54, 1.807) is 5.38 Å². The number of amides is 3. The van der Waals surface area contributed by atoms with Gasteiger partial charge in [0.25, 0.3) is 0 Å². The Hall–Kier alpha value is -1.67. The number of β-lactam (4-membered cyclic amide) rings is 1. The summed E-state index contributed by atoms with van der Waals surface area (Å²) in [4.78, 5) is 64.0. The average Bonchev–Trinajstić information content (AvgIpc) is 3.09. The first-order valence-electron chi connectivity index (χ1n) is 8.89. The van der Waals surface area contributed by atoms with Crippen molar-refractivity contribution in [3.63, 3.8) is 0 Å². The van der Waals surface area contributed by atoms with Crippen molar-refractivity contribution >= 4 is 57.9 Å². The summed E-state index contributed by atoms with van der Waals surface area (Å²) in [5.41, 5.74) is -1.03. The number of hydrogen-bond acceptors (Lipinski definition) is 10. The number of ether oxygens (including phenoxy) is 1. The number of nitrogens with one attached hydrogen (secondary N) is 2. The number of hydrogen-bond donors (Lipinski definition) is 2. The van der Waals surface area contributed by atoms with Gasteiger partial charge in [0.1, 0.15) is 18.0 Å². The Bertz CT molecular complexity index is 911. The number of carboxylic acids is 1. The number of esters is 1. The first-order valence-corrected chi connectivity index (χ1v) is 10.8. The van der Waals surface area contributed by atoms with Crippen LogP contribution in [0, 0.1) is 5.41 Å². The molecule has 0 aromatic carbocycles. The van der Waals surface area contributed by atoms with Crippen molar-refractivity contribution in [1.29, 1.82) is 0 Å². The quantitative estimate of drug-likeness (QED) is 0.223. The van der Waals surface area contributed by atoms with Crippen LogP contribution in [0.2, 0.25) is 0 Å². The number of thiazole rings is 1. The largest absolute Gasteiger partial charge is 1.00 e. The van der Waals surface area contributed by atoms with Crippen LogP contribution in [-0.4, -0.2) is 69.9 Å². The monoisotopic (exact) mass is 478 g/mol. The number of nitrogens with zero attached hydrogens (tertiary/aromatic N) is 2. The van der Waals surface area contributed by atoms with E-state index >= 15 is 0 Å². The van der Waals surface area contributed by atoms with Crippen molar-refractivity contribution in [2.45, 2.75) is 31.7 Å². The smallest absolute Gasteiger partial charge is 0.549 e. The molecule has 31 heavy (non-hydrogen) atoms. The molecule has 2 saturated heterocycles. The third-order valence-electron chi connectivity index (χ3n) is 4.62. The molecule has 2 unspecified atom stereocenters. The van der Waals surface area contributed by atoms with Crippen LogP contribution in [0.1, 0.15) is 19.5 Å². The second-order valence-electron chi connectivity index (χ2n) is 7.06. The van der Waals surface area contributed by atoms with Gasteiger partial charge < -0.3 is 30.2 Å². The van der Waals surface area contributed by atoms with Gasteiger partial charge in [-0.25, -0.2) is 4.98 Å². The normalized spacial score (nSPS) is 24.2. The van der Waals surface area contributed by atoms with Gasteiger partial charge in [0, 0.05) is 31.5 Å². The maximum Gasteiger partial charge on any atom is 1.00 e. The molecule has 14 heteroatoms. The van der Waals surface area contributed by atoms with Crippen LogP contribution >= 0.6 is 23.1 Å². The Balaban J connectivity index is 0.00000341. The van der Waals surface area contributed by atoms with Crippen molar-refractivity contribution in [3.05, 3.63) is 11.1 Å². The van der Waals surface area contributed by atoms with Crippen molar-refractivity contribution in [3.8, 4) is 0 Å². The zero-order valence-electron chi connectivity index (χ0n) is 17.1. The van der Waals surface area contributed by atoms with E-state index in [1.807, 2.05) is 0 Å². The van der Waals surface area contributed by atoms with Gasteiger partial charge in [-0.1, -0.05) is 0 Å². The minimum atomic E-state index is -1.49. The van der Waals surface area contributed by atoms with Crippen LogP contribution in [0.4, 0.5) is 5.13 Å². The molecular formula is C17H19N4NaO7S2. The van der Waals surface area contributed by atoms with E-state index in [-0.39, 0.29) is 60.8 Å². The minimum Gasteiger partial charge on any atom is -0.549 e. The standard InChI is InChI=1S/C17H20N4O7S2.Na/c1-8(22)18-16-19-10(4-29-16)3-11(24)20-12-13(25)21-5-17(15(26)27,6-28-9(2)23)7-30-14(12)21;/h4,12,14H,3,5-7H2,1-2H3,(H,20,24)(H,26,27)(H,18,19,22);/q;+1/p-1/t12?,14-,17?;/m1./s1. The van der Waals surface area contributed by atoms with Crippen molar-refractivity contribution in [2.75, 3.05) is 24.2 Å². The van der Waals surface area contributed by atoms with Gasteiger partial charge in [-0.3, -0.25) is 19.2 Å². The second kappa shape index (κ2) is 10.3. The maximum absolute atomic E-state index is 12.5. The number of aromatic nitrogens is 1. The van der Waals surface area contributed by atoms with Gasteiger partial charge in [0.05, 0.1) is 23.5 Å². The summed E-state index contributed by atoms with van der Waals surface area (Å²) in [6, 6.07) is -0.774. The van der Waals surface area contributed by atoms with Gasteiger partial charge in [0.15, 0.2) is 5.13 Å². The van der Waals surface area contributed by atoms with E-state index in [4.69, 9.17) is 4.74 Å². The third kappa shape index (κ3) is 5.77. The molecule has 162 valence electrons. The summed E-state index contributed by atoms with van der Waals surface area (Å²) < 4.78 is 4.86. The molecule has 3 amide bonds. The predicted octanol–water partition coefficient (Wildman–Crippen LogP) is -4.65. The molecule has 3 rings (SSSR count). The number of rotatable bonds is 7. The molecule has 0 saturated carbocycles. The van der Waals surface area contributed by atoms with Crippen LogP contribution in [0.25, 0.3) is 0 Å². The number of carbonyl (C=O) groups excluding carboxylic acids is 5. The fraction of sp³-hybridized carbons (Fsp3) is 0.529. The number of carboxylic acid groups (broad SMARTS) is 1. The van der Waals surface area contributed by atoms with Gasteiger partial charge >= 0.3 is 35.5 Å². The Morgan fingerprint density at radius 3 is 2.68 bits per heavy atom. The van der Waals surface area contributed by atoms with Crippen LogP contribution in [0.5, 0.6) is 0 Å². The number of fused-ring (bicyclic) bond motifs is 1. The van der Waals surface area contributed by atoms with Crippen LogP contribution < -0.4 is 45.3 Å². The number of anilines is 1. The van der Waals surface area contributed by atoms with Crippen molar-refractivity contribution < 1.29 is 63.4 Å². The molecule has 3 atom stereocenters. The molecule has 2 fully saturated rings. The molecule has 2 aliphatic heterocycles. The maximum atomic E-state index is 12.5. The summed E-state index contributed by atoms with van der Waals surface area (Å²) in [5, 5.41) is 18.4. The first-order chi connectivity index (χ1) is 14.1. The summed E-state index contributed by atoms with van der Waals surface area (Å²) in [6.45, 7) is 1.98. The van der Waals surface area contributed by atoms with E-state index < -0.39 is 40.6 Å². The zero-order chi connectivity index (χ0) is 22.1. The number of aliphatic carboxylic acids is 1. The van der Waals surface area contributed by atoms with E-state index in [0.29, 0.717) is 10.8 Å². The van der Waals surface area contributed by atoms with Crippen molar-refractivity contribution in [2.24, 2.45) is 5.41 Å². The molecule has 0 spiro atoms. The molecule has 1 aromatic heterocycles. The molecule has 2 aliphatic rings. The van der Waals surface area contributed by atoms with Crippen molar-refractivity contribution in [1.82, 2.24) is 15.2 Å². The predicted molar refractivity (Wildman–Crippen MR) is 104 cm³/mol. The van der Waals surface area contributed by atoms with Gasteiger partial charge in [-0.05, 0) is 0 Å². The van der Waals surface area contributed by atoms with Crippen LogP contribution in [0.3, 0.4) is 0 Å². The van der Waals surface area contributed by atoms with Gasteiger partial charge in [0.2, 0.25) is 17.7 Å². The third-order valence-corrected chi connectivity index (χ3v) is 7.02. The molecule has 3 heterocycles. The molecular weight excluding hydrogens is 459 g/mol.